The smallest absolute Gasteiger partial charge is 0.0922 e. The summed E-state index contributed by atoms with van der Waals surface area (Å²) in [6.45, 7) is 4.14. The summed E-state index contributed by atoms with van der Waals surface area (Å²) in [5, 5.41) is 1.51. The highest BCUT2D eigenvalue weighted by molar-refractivity contribution is 9.09. The highest BCUT2D eigenvalue weighted by atomic mass is 79.9. The van der Waals surface area contributed by atoms with Crippen LogP contribution in [0.4, 0.5) is 0 Å². The van der Waals surface area contributed by atoms with Crippen molar-refractivity contribution in [2.24, 2.45) is 0 Å². The Morgan fingerprint density at radius 3 is 2.47 bits per heavy atom. The molecule has 0 aliphatic carbocycles. The molecule has 0 saturated heterocycles. The van der Waals surface area contributed by atoms with Crippen molar-refractivity contribution in [3.63, 3.8) is 0 Å². The van der Waals surface area contributed by atoms with Crippen molar-refractivity contribution < 1.29 is 9.47 Å². The van der Waals surface area contributed by atoms with Crippen molar-refractivity contribution in [3.05, 3.63) is 34.9 Å². The predicted molar refractivity (Wildman–Crippen MR) is 75.0 cm³/mol. The topological polar surface area (TPSA) is 18.5 Å². The standard InChI is InChI=1S/C13H18BrClO2/c1-2-7-16-8-9-17-13(10-14)11-3-5-12(15)6-4-11/h3-6,13H,2,7-10H2,1H3. The summed E-state index contributed by atoms with van der Waals surface area (Å²) in [5.74, 6) is 0. The zero-order valence-corrected chi connectivity index (χ0v) is 12.3. The van der Waals surface area contributed by atoms with Gasteiger partial charge in [-0.25, -0.2) is 0 Å². The van der Waals surface area contributed by atoms with Crippen molar-refractivity contribution in [2.75, 3.05) is 25.2 Å². The number of ether oxygens (including phenoxy) is 2. The molecule has 0 aliphatic heterocycles. The number of halogens is 2. The van der Waals surface area contributed by atoms with Crippen LogP contribution < -0.4 is 0 Å². The molecule has 0 N–H and O–H groups in total. The van der Waals surface area contributed by atoms with Gasteiger partial charge in [-0.1, -0.05) is 46.6 Å². The van der Waals surface area contributed by atoms with E-state index in [0.717, 1.165) is 28.9 Å². The summed E-state index contributed by atoms with van der Waals surface area (Å²) in [6.07, 6.45) is 1.09. The third kappa shape index (κ3) is 5.87. The molecular formula is C13H18BrClO2. The second-order valence-electron chi connectivity index (χ2n) is 3.68. The molecule has 1 aromatic rings. The van der Waals surface area contributed by atoms with E-state index in [1.807, 2.05) is 24.3 Å². The number of alkyl halides is 1. The van der Waals surface area contributed by atoms with Crippen LogP contribution in [-0.2, 0) is 9.47 Å². The maximum Gasteiger partial charge on any atom is 0.0922 e. The molecule has 1 unspecified atom stereocenters. The molecule has 0 bridgehead atoms. The normalized spacial score (nSPS) is 12.6. The molecule has 0 aliphatic rings. The quantitative estimate of drug-likeness (QED) is 0.527. The minimum absolute atomic E-state index is 0.0532. The molecule has 0 heterocycles. The minimum Gasteiger partial charge on any atom is -0.379 e. The number of hydrogen-bond donors (Lipinski definition) is 0. The van der Waals surface area contributed by atoms with E-state index >= 15 is 0 Å². The molecule has 0 aromatic heterocycles. The zero-order valence-electron chi connectivity index (χ0n) is 9.99. The van der Waals surface area contributed by atoms with E-state index in [9.17, 15) is 0 Å². The van der Waals surface area contributed by atoms with Crippen molar-refractivity contribution in [1.29, 1.82) is 0 Å². The van der Waals surface area contributed by atoms with Gasteiger partial charge in [0.2, 0.25) is 0 Å². The largest absolute Gasteiger partial charge is 0.379 e. The van der Waals surface area contributed by atoms with Crippen LogP contribution in [0.3, 0.4) is 0 Å². The van der Waals surface area contributed by atoms with Crippen LogP contribution in [0.5, 0.6) is 0 Å². The maximum atomic E-state index is 5.85. The molecule has 0 radical (unpaired) electrons. The minimum atomic E-state index is 0.0532. The Morgan fingerprint density at radius 2 is 1.88 bits per heavy atom. The molecule has 96 valence electrons. The summed E-state index contributed by atoms with van der Waals surface area (Å²) in [6, 6.07) is 7.73. The molecule has 0 saturated carbocycles. The Morgan fingerprint density at radius 1 is 1.18 bits per heavy atom. The average molecular weight is 322 g/mol. The summed E-state index contributed by atoms with van der Waals surface area (Å²) in [4.78, 5) is 0. The maximum absolute atomic E-state index is 5.85. The molecular weight excluding hydrogens is 303 g/mol. The molecule has 0 fully saturated rings. The Labute approximate surface area is 116 Å². The molecule has 0 spiro atoms. The Kier molecular flexibility index (Phi) is 7.86. The van der Waals surface area contributed by atoms with E-state index in [1.54, 1.807) is 0 Å². The Balaban J connectivity index is 2.35. The van der Waals surface area contributed by atoms with Crippen molar-refractivity contribution >= 4 is 27.5 Å². The first-order chi connectivity index (χ1) is 8.27. The van der Waals surface area contributed by atoms with Gasteiger partial charge in [0, 0.05) is 17.0 Å². The van der Waals surface area contributed by atoms with Gasteiger partial charge in [0.15, 0.2) is 0 Å². The van der Waals surface area contributed by atoms with Gasteiger partial charge in [-0.3, -0.25) is 0 Å². The number of rotatable bonds is 8. The van der Waals surface area contributed by atoms with Gasteiger partial charge in [-0.15, -0.1) is 0 Å². The van der Waals surface area contributed by atoms with E-state index in [0.29, 0.717) is 13.2 Å². The fourth-order valence-electron chi connectivity index (χ4n) is 1.40. The van der Waals surface area contributed by atoms with Gasteiger partial charge in [0.25, 0.3) is 0 Å². The molecule has 2 nitrogen and oxygen atoms in total. The molecule has 0 amide bonds. The van der Waals surface area contributed by atoms with Crippen LogP contribution in [0.25, 0.3) is 0 Å². The molecule has 4 heteroatoms. The fraction of sp³-hybridized carbons (Fsp3) is 0.538. The van der Waals surface area contributed by atoms with Gasteiger partial charge in [0.05, 0.1) is 19.3 Å². The lowest BCUT2D eigenvalue weighted by atomic mass is 10.1. The predicted octanol–water partition coefficient (Wildman–Crippen LogP) is 4.22. The van der Waals surface area contributed by atoms with Gasteiger partial charge < -0.3 is 9.47 Å². The van der Waals surface area contributed by atoms with Crippen molar-refractivity contribution in [2.45, 2.75) is 19.4 Å². The third-order valence-corrected chi connectivity index (χ3v) is 3.12. The summed E-state index contributed by atoms with van der Waals surface area (Å²) in [5.41, 5.74) is 1.13. The highest BCUT2D eigenvalue weighted by Gasteiger charge is 2.09. The van der Waals surface area contributed by atoms with Gasteiger partial charge >= 0.3 is 0 Å². The summed E-state index contributed by atoms with van der Waals surface area (Å²) >= 11 is 9.30. The Hall–Kier alpha value is -0.0900. The first kappa shape index (κ1) is 15.0. The van der Waals surface area contributed by atoms with E-state index in [-0.39, 0.29) is 6.10 Å². The SMILES string of the molecule is CCCOCCOC(CBr)c1ccc(Cl)cc1. The van der Waals surface area contributed by atoms with Gasteiger partial charge in [-0.05, 0) is 24.1 Å². The van der Waals surface area contributed by atoms with Crippen LogP contribution in [0.1, 0.15) is 25.0 Å². The first-order valence-corrected chi connectivity index (χ1v) is 7.28. The molecule has 1 atom stereocenters. The van der Waals surface area contributed by atoms with E-state index in [2.05, 4.69) is 22.9 Å². The van der Waals surface area contributed by atoms with Crippen LogP contribution in [-0.4, -0.2) is 25.2 Å². The van der Waals surface area contributed by atoms with Crippen LogP contribution >= 0.6 is 27.5 Å². The lowest BCUT2D eigenvalue weighted by Gasteiger charge is -2.16. The van der Waals surface area contributed by atoms with E-state index in [4.69, 9.17) is 21.1 Å². The van der Waals surface area contributed by atoms with Crippen LogP contribution in [0.2, 0.25) is 5.02 Å². The molecule has 1 aromatic carbocycles. The second-order valence-corrected chi connectivity index (χ2v) is 4.76. The number of hydrogen-bond acceptors (Lipinski definition) is 2. The Bertz CT molecular complexity index is 303. The zero-order chi connectivity index (χ0) is 12.5. The number of benzene rings is 1. The van der Waals surface area contributed by atoms with E-state index < -0.39 is 0 Å². The van der Waals surface area contributed by atoms with Crippen molar-refractivity contribution in [1.82, 2.24) is 0 Å². The molecule has 1 rings (SSSR count). The first-order valence-electron chi connectivity index (χ1n) is 5.78. The summed E-state index contributed by atoms with van der Waals surface area (Å²) in [7, 11) is 0. The molecule has 17 heavy (non-hydrogen) atoms. The lowest BCUT2D eigenvalue weighted by Crippen LogP contribution is -2.11. The van der Waals surface area contributed by atoms with Crippen LogP contribution in [0.15, 0.2) is 24.3 Å². The van der Waals surface area contributed by atoms with E-state index in [1.165, 1.54) is 0 Å². The monoisotopic (exact) mass is 320 g/mol. The fourth-order valence-corrected chi connectivity index (χ4v) is 2.09. The third-order valence-electron chi connectivity index (χ3n) is 2.28. The highest BCUT2D eigenvalue weighted by Crippen LogP contribution is 2.21. The average Bonchev–Trinajstić information content (AvgIpc) is 2.35. The summed E-state index contributed by atoms with van der Waals surface area (Å²) < 4.78 is 11.1. The second kappa shape index (κ2) is 8.92. The van der Waals surface area contributed by atoms with Crippen molar-refractivity contribution in [3.8, 4) is 0 Å². The van der Waals surface area contributed by atoms with Crippen LogP contribution in [0, 0.1) is 0 Å². The van der Waals surface area contributed by atoms with Gasteiger partial charge in [0.1, 0.15) is 0 Å². The lowest BCUT2D eigenvalue weighted by molar-refractivity contribution is 0.0141. The van der Waals surface area contributed by atoms with Gasteiger partial charge in [-0.2, -0.15) is 0 Å².